The molecule has 1 rings (SSSR count). The fourth-order valence-electron chi connectivity index (χ4n) is 1.13. The Morgan fingerprint density at radius 1 is 1.12 bits per heavy atom. The van der Waals surface area contributed by atoms with Crippen LogP contribution in [0.25, 0.3) is 0 Å². The molecule has 0 radical (unpaired) electrons. The van der Waals surface area contributed by atoms with E-state index in [2.05, 4.69) is 16.1 Å². The summed E-state index contributed by atoms with van der Waals surface area (Å²) >= 11 is 0. The van der Waals surface area contributed by atoms with Crippen LogP contribution in [0.1, 0.15) is 26.2 Å². The molecule has 0 saturated carbocycles. The van der Waals surface area contributed by atoms with Gasteiger partial charge in [0.05, 0.1) is 11.5 Å². The van der Waals surface area contributed by atoms with E-state index in [1.807, 2.05) is 0 Å². The summed E-state index contributed by atoms with van der Waals surface area (Å²) in [6.07, 6.45) is 2.84. The summed E-state index contributed by atoms with van der Waals surface area (Å²) in [5.74, 6) is 0. The molecule has 1 aromatic rings. The Morgan fingerprint density at radius 2 is 1.81 bits per heavy atom. The predicted octanol–water partition coefficient (Wildman–Crippen LogP) is 2.51. The molecule has 5 heteroatoms. The summed E-state index contributed by atoms with van der Waals surface area (Å²) < 4.78 is 27.5. The van der Waals surface area contributed by atoms with Crippen molar-refractivity contribution in [2.75, 3.05) is 6.61 Å². The maximum atomic E-state index is 11.5. The second-order valence-corrected chi connectivity index (χ2v) is 4.88. The minimum atomic E-state index is -3.77. The van der Waals surface area contributed by atoms with Crippen molar-refractivity contribution in [3.05, 3.63) is 30.3 Å². The molecule has 0 spiro atoms. The molecule has 0 aliphatic rings. The molecular weight excluding hydrogens is 228 g/mol. The molecule has 0 atom stereocenters. The molecule has 0 aliphatic carbocycles. The molecule has 0 bridgehead atoms. The maximum absolute atomic E-state index is 11.5. The highest BCUT2D eigenvalue weighted by Gasteiger charge is 2.15. The van der Waals surface area contributed by atoms with E-state index >= 15 is 0 Å². The van der Waals surface area contributed by atoms with Gasteiger partial charge in [-0.3, -0.25) is 0 Å². The van der Waals surface area contributed by atoms with Crippen molar-refractivity contribution >= 4 is 10.1 Å². The number of benzene rings is 1. The molecule has 90 valence electrons. The van der Waals surface area contributed by atoms with Gasteiger partial charge in [-0.25, -0.2) is 4.89 Å². The SMILES string of the molecule is CCCCCOOS(=O)(=O)c1ccccc1. The molecule has 0 N–H and O–H groups in total. The lowest BCUT2D eigenvalue weighted by molar-refractivity contribution is -0.202. The summed E-state index contributed by atoms with van der Waals surface area (Å²) in [5, 5.41) is 0. The fraction of sp³-hybridized carbons (Fsp3) is 0.455. The van der Waals surface area contributed by atoms with Gasteiger partial charge in [0.15, 0.2) is 0 Å². The molecule has 1 aromatic carbocycles. The van der Waals surface area contributed by atoms with Crippen molar-refractivity contribution in [2.45, 2.75) is 31.1 Å². The lowest BCUT2D eigenvalue weighted by Gasteiger charge is -2.04. The molecule has 4 nitrogen and oxygen atoms in total. The second kappa shape index (κ2) is 6.62. The normalized spacial score (nSPS) is 11.6. The molecule has 0 saturated heterocycles. The quantitative estimate of drug-likeness (QED) is 0.420. The highest BCUT2D eigenvalue weighted by Crippen LogP contribution is 2.11. The minimum Gasteiger partial charge on any atom is -0.220 e. The summed E-state index contributed by atoms with van der Waals surface area (Å²) in [5.41, 5.74) is 0. The van der Waals surface area contributed by atoms with Crippen molar-refractivity contribution in [2.24, 2.45) is 0 Å². The van der Waals surface area contributed by atoms with E-state index in [1.54, 1.807) is 18.2 Å². The Morgan fingerprint density at radius 3 is 2.44 bits per heavy atom. The Hall–Kier alpha value is -0.910. The van der Waals surface area contributed by atoms with Crippen LogP contribution in [0.3, 0.4) is 0 Å². The largest absolute Gasteiger partial charge is 0.323 e. The van der Waals surface area contributed by atoms with Crippen LogP contribution in [0, 0.1) is 0 Å². The third-order valence-corrected chi connectivity index (χ3v) is 3.13. The van der Waals surface area contributed by atoms with E-state index in [4.69, 9.17) is 0 Å². The van der Waals surface area contributed by atoms with Crippen molar-refractivity contribution < 1.29 is 17.6 Å². The first-order chi connectivity index (χ1) is 7.67. The maximum Gasteiger partial charge on any atom is 0.323 e. The van der Waals surface area contributed by atoms with Gasteiger partial charge in [0.1, 0.15) is 0 Å². The highest BCUT2D eigenvalue weighted by molar-refractivity contribution is 7.86. The van der Waals surface area contributed by atoms with Crippen LogP contribution in [0.4, 0.5) is 0 Å². The molecule has 0 aliphatic heterocycles. The van der Waals surface area contributed by atoms with Crippen LogP contribution in [-0.4, -0.2) is 15.0 Å². The Bertz CT molecular complexity index is 386. The van der Waals surface area contributed by atoms with Crippen LogP contribution < -0.4 is 0 Å². The zero-order valence-corrected chi connectivity index (χ0v) is 10.1. The fourth-order valence-corrected chi connectivity index (χ4v) is 1.90. The van der Waals surface area contributed by atoms with Gasteiger partial charge in [0.25, 0.3) is 0 Å². The van der Waals surface area contributed by atoms with Crippen molar-refractivity contribution in [3.63, 3.8) is 0 Å². The third-order valence-electron chi connectivity index (χ3n) is 2.00. The minimum absolute atomic E-state index is 0.102. The molecule has 0 aromatic heterocycles. The van der Waals surface area contributed by atoms with Crippen molar-refractivity contribution in [3.8, 4) is 0 Å². The van der Waals surface area contributed by atoms with Gasteiger partial charge in [0, 0.05) is 0 Å². The van der Waals surface area contributed by atoms with Gasteiger partial charge in [-0.1, -0.05) is 38.0 Å². The van der Waals surface area contributed by atoms with Gasteiger partial charge >= 0.3 is 10.1 Å². The molecule has 0 fully saturated rings. The Labute approximate surface area is 96.2 Å². The lowest BCUT2D eigenvalue weighted by atomic mass is 10.3. The second-order valence-electron chi connectivity index (χ2n) is 3.36. The average molecular weight is 244 g/mol. The molecular formula is C11H16O4S. The lowest BCUT2D eigenvalue weighted by Crippen LogP contribution is -2.07. The summed E-state index contributed by atoms with van der Waals surface area (Å²) in [6, 6.07) is 7.93. The van der Waals surface area contributed by atoms with Crippen LogP contribution in [0.5, 0.6) is 0 Å². The van der Waals surface area contributed by atoms with Crippen LogP contribution in [0.15, 0.2) is 35.2 Å². The van der Waals surface area contributed by atoms with E-state index in [9.17, 15) is 8.42 Å². The highest BCUT2D eigenvalue weighted by atomic mass is 32.2. The van der Waals surface area contributed by atoms with E-state index in [0.717, 1.165) is 19.3 Å². The molecule has 0 unspecified atom stereocenters. The van der Waals surface area contributed by atoms with Crippen LogP contribution >= 0.6 is 0 Å². The van der Waals surface area contributed by atoms with E-state index in [0.29, 0.717) is 6.61 Å². The van der Waals surface area contributed by atoms with Crippen LogP contribution in [-0.2, 0) is 19.3 Å². The van der Waals surface area contributed by atoms with E-state index in [-0.39, 0.29) is 4.90 Å². The third kappa shape index (κ3) is 4.30. The summed E-state index contributed by atoms with van der Waals surface area (Å²) in [4.78, 5) is 4.77. The van der Waals surface area contributed by atoms with Crippen molar-refractivity contribution in [1.29, 1.82) is 0 Å². The standard InChI is InChI=1S/C11H16O4S/c1-2-3-7-10-14-15-16(12,13)11-8-5-4-6-9-11/h4-6,8-9H,2-3,7,10H2,1H3. The number of hydrogen-bond donors (Lipinski definition) is 0. The Balaban J connectivity index is 2.41. The predicted molar refractivity (Wildman–Crippen MR) is 60.2 cm³/mol. The number of rotatable bonds is 7. The number of hydrogen-bond acceptors (Lipinski definition) is 4. The first kappa shape index (κ1) is 13.2. The van der Waals surface area contributed by atoms with Gasteiger partial charge in [0.2, 0.25) is 0 Å². The zero-order valence-electron chi connectivity index (χ0n) is 9.26. The number of unbranched alkanes of at least 4 members (excludes halogenated alkanes) is 2. The van der Waals surface area contributed by atoms with Crippen LogP contribution in [0.2, 0.25) is 0 Å². The topological polar surface area (TPSA) is 52.6 Å². The zero-order chi connectivity index (χ0) is 11.9. The van der Waals surface area contributed by atoms with E-state index < -0.39 is 10.1 Å². The Kier molecular flexibility index (Phi) is 5.45. The van der Waals surface area contributed by atoms with E-state index in [1.165, 1.54) is 12.1 Å². The van der Waals surface area contributed by atoms with Gasteiger partial charge < -0.3 is 0 Å². The summed E-state index contributed by atoms with van der Waals surface area (Å²) in [6.45, 7) is 2.35. The average Bonchev–Trinajstić information content (AvgIpc) is 2.30. The first-order valence-corrected chi connectivity index (χ1v) is 6.69. The van der Waals surface area contributed by atoms with Gasteiger partial charge in [-0.05, 0) is 18.6 Å². The van der Waals surface area contributed by atoms with Gasteiger partial charge in [-0.15, -0.1) is 4.33 Å². The molecule has 0 amide bonds. The molecule has 0 heterocycles. The summed E-state index contributed by atoms with van der Waals surface area (Å²) in [7, 11) is -3.77. The monoisotopic (exact) mass is 244 g/mol. The smallest absolute Gasteiger partial charge is 0.220 e. The van der Waals surface area contributed by atoms with Gasteiger partial charge in [-0.2, -0.15) is 8.42 Å². The first-order valence-electron chi connectivity index (χ1n) is 5.28. The van der Waals surface area contributed by atoms with Crippen molar-refractivity contribution in [1.82, 2.24) is 0 Å². The molecule has 16 heavy (non-hydrogen) atoms.